The standard InChI is InChI=1S/C14H20ClNO/c1-11(17)7-6-10-16(3)12(2)13-8-4-5-9-14(13)15/h4-5,8-9,12H,6-7,10H2,1-3H3. The molecule has 0 N–H and O–H groups in total. The number of rotatable bonds is 6. The van der Waals surface area contributed by atoms with Gasteiger partial charge in [-0.2, -0.15) is 0 Å². The Morgan fingerprint density at radius 2 is 2.06 bits per heavy atom. The van der Waals surface area contributed by atoms with Crippen molar-refractivity contribution in [3.05, 3.63) is 34.9 Å². The highest BCUT2D eigenvalue weighted by Crippen LogP contribution is 2.26. The largest absolute Gasteiger partial charge is 0.300 e. The Bertz CT molecular complexity index is 378. The molecule has 1 unspecified atom stereocenters. The molecule has 0 fully saturated rings. The first-order valence-electron chi connectivity index (χ1n) is 5.96. The Morgan fingerprint density at radius 3 is 2.65 bits per heavy atom. The van der Waals surface area contributed by atoms with E-state index in [9.17, 15) is 4.79 Å². The fourth-order valence-corrected chi connectivity index (χ4v) is 2.12. The molecule has 3 heteroatoms. The molecule has 0 aliphatic heterocycles. The van der Waals surface area contributed by atoms with Crippen LogP contribution in [0.15, 0.2) is 24.3 Å². The smallest absolute Gasteiger partial charge is 0.129 e. The van der Waals surface area contributed by atoms with E-state index < -0.39 is 0 Å². The van der Waals surface area contributed by atoms with Crippen molar-refractivity contribution in [2.45, 2.75) is 32.7 Å². The Morgan fingerprint density at radius 1 is 1.41 bits per heavy atom. The van der Waals surface area contributed by atoms with Crippen molar-refractivity contribution in [3.63, 3.8) is 0 Å². The van der Waals surface area contributed by atoms with Crippen LogP contribution in [0.4, 0.5) is 0 Å². The molecule has 1 aromatic carbocycles. The molecule has 0 amide bonds. The van der Waals surface area contributed by atoms with Crippen LogP contribution < -0.4 is 0 Å². The Balaban J connectivity index is 2.55. The highest BCUT2D eigenvalue weighted by molar-refractivity contribution is 6.31. The monoisotopic (exact) mass is 253 g/mol. The zero-order chi connectivity index (χ0) is 12.8. The van der Waals surface area contributed by atoms with Crippen LogP contribution in [0.25, 0.3) is 0 Å². The first kappa shape index (κ1) is 14.2. The van der Waals surface area contributed by atoms with Crippen molar-refractivity contribution in [1.29, 1.82) is 0 Å². The summed E-state index contributed by atoms with van der Waals surface area (Å²) in [7, 11) is 2.06. The minimum atomic E-state index is 0.254. The second kappa shape index (κ2) is 6.77. The maximum Gasteiger partial charge on any atom is 0.129 e. The van der Waals surface area contributed by atoms with Gasteiger partial charge in [0.2, 0.25) is 0 Å². The van der Waals surface area contributed by atoms with Crippen LogP contribution >= 0.6 is 11.6 Å². The van der Waals surface area contributed by atoms with Crippen molar-refractivity contribution in [2.75, 3.05) is 13.6 Å². The molecule has 0 aliphatic carbocycles. The fourth-order valence-electron chi connectivity index (χ4n) is 1.82. The SMILES string of the molecule is CC(=O)CCCN(C)C(C)c1ccccc1Cl. The minimum absolute atomic E-state index is 0.254. The number of nitrogens with zero attached hydrogens (tertiary/aromatic N) is 1. The van der Waals surface area contributed by atoms with Crippen molar-refractivity contribution in [1.82, 2.24) is 4.90 Å². The number of hydrogen-bond acceptors (Lipinski definition) is 2. The van der Waals surface area contributed by atoms with Crippen molar-refractivity contribution >= 4 is 17.4 Å². The second-order valence-electron chi connectivity index (χ2n) is 4.48. The van der Waals surface area contributed by atoms with Gasteiger partial charge in [0.25, 0.3) is 0 Å². The number of halogens is 1. The second-order valence-corrected chi connectivity index (χ2v) is 4.89. The summed E-state index contributed by atoms with van der Waals surface area (Å²) in [5.74, 6) is 0.254. The maximum absolute atomic E-state index is 10.9. The maximum atomic E-state index is 10.9. The van der Waals surface area contributed by atoms with Crippen LogP contribution in [0.2, 0.25) is 5.02 Å². The van der Waals surface area contributed by atoms with Crippen LogP contribution in [0.1, 0.15) is 38.3 Å². The van der Waals surface area contributed by atoms with E-state index in [0.717, 1.165) is 23.6 Å². The number of Topliss-reactive ketones (excluding diaryl/α,β-unsaturated/α-hetero) is 1. The van der Waals surface area contributed by atoms with Gasteiger partial charge >= 0.3 is 0 Å². The number of benzene rings is 1. The van der Waals surface area contributed by atoms with Gasteiger partial charge in [-0.1, -0.05) is 29.8 Å². The lowest BCUT2D eigenvalue weighted by Gasteiger charge is -2.25. The van der Waals surface area contributed by atoms with E-state index in [1.165, 1.54) is 0 Å². The van der Waals surface area contributed by atoms with E-state index in [0.29, 0.717) is 6.42 Å². The Hall–Kier alpha value is -0.860. The summed E-state index contributed by atoms with van der Waals surface area (Å²) >= 11 is 6.17. The molecule has 0 saturated carbocycles. The molecule has 0 radical (unpaired) electrons. The predicted molar refractivity (Wildman–Crippen MR) is 72.4 cm³/mol. The van der Waals surface area contributed by atoms with Gasteiger partial charge in [-0.15, -0.1) is 0 Å². The molecule has 0 bridgehead atoms. The lowest BCUT2D eigenvalue weighted by atomic mass is 10.1. The number of carbonyl (C=O) groups is 1. The van der Waals surface area contributed by atoms with E-state index in [2.05, 4.69) is 24.9 Å². The van der Waals surface area contributed by atoms with Crippen LogP contribution in [0, 0.1) is 0 Å². The van der Waals surface area contributed by atoms with Gasteiger partial charge in [-0.05, 0) is 45.5 Å². The van der Waals surface area contributed by atoms with E-state index in [-0.39, 0.29) is 11.8 Å². The van der Waals surface area contributed by atoms with Gasteiger partial charge in [0.1, 0.15) is 5.78 Å². The van der Waals surface area contributed by atoms with Crippen LogP contribution in [0.5, 0.6) is 0 Å². The molecule has 0 heterocycles. The highest BCUT2D eigenvalue weighted by Gasteiger charge is 2.13. The quantitative estimate of drug-likeness (QED) is 0.771. The number of hydrogen-bond donors (Lipinski definition) is 0. The van der Waals surface area contributed by atoms with Crippen molar-refractivity contribution in [3.8, 4) is 0 Å². The fraction of sp³-hybridized carbons (Fsp3) is 0.500. The molecule has 0 spiro atoms. The van der Waals surface area contributed by atoms with Gasteiger partial charge in [0.15, 0.2) is 0 Å². The molecule has 1 atom stereocenters. The summed E-state index contributed by atoms with van der Waals surface area (Å²) in [5.41, 5.74) is 1.14. The molecule has 0 saturated heterocycles. The minimum Gasteiger partial charge on any atom is -0.300 e. The van der Waals surface area contributed by atoms with Gasteiger partial charge in [0.05, 0.1) is 0 Å². The lowest BCUT2D eigenvalue weighted by Crippen LogP contribution is -2.24. The third kappa shape index (κ3) is 4.49. The van der Waals surface area contributed by atoms with Gasteiger partial charge in [0, 0.05) is 17.5 Å². The zero-order valence-electron chi connectivity index (χ0n) is 10.7. The Labute approximate surface area is 109 Å². The third-order valence-corrected chi connectivity index (χ3v) is 3.40. The summed E-state index contributed by atoms with van der Waals surface area (Å²) < 4.78 is 0. The first-order chi connectivity index (χ1) is 8.02. The highest BCUT2D eigenvalue weighted by atomic mass is 35.5. The van der Waals surface area contributed by atoms with E-state index in [4.69, 9.17) is 11.6 Å². The molecule has 1 aromatic rings. The van der Waals surface area contributed by atoms with Gasteiger partial charge < -0.3 is 4.79 Å². The average molecular weight is 254 g/mol. The van der Waals surface area contributed by atoms with E-state index in [1.54, 1.807) is 6.92 Å². The molecule has 0 aromatic heterocycles. The van der Waals surface area contributed by atoms with Crippen molar-refractivity contribution in [2.24, 2.45) is 0 Å². The molecule has 2 nitrogen and oxygen atoms in total. The topological polar surface area (TPSA) is 20.3 Å². The molecule has 94 valence electrons. The lowest BCUT2D eigenvalue weighted by molar-refractivity contribution is -0.117. The number of ketones is 1. The Kier molecular flexibility index (Phi) is 5.66. The molecule has 17 heavy (non-hydrogen) atoms. The normalized spacial score (nSPS) is 12.8. The van der Waals surface area contributed by atoms with Gasteiger partial charge in [-0.3, -0.25) is 4.90 Å². The van der Waals surface area contributed by atoms with Gasteiger partial charge in [-0.25, -0.2) is 0 Å². The summed E-state index contributed by atoms with van der Waals surface area (Å²) in [6, 6.07) is 8.18. The number of carbonyl (C=O) groups excluding carboxylic acids is 1. The predicted octanol–water partition coefficient (Wildman–Crippen LogP) is 3.70. The van der Waals surface area contributed by atoms with E-state index in [1.807, 2.05) is 18.2 Å². The van der Waals surface area contributed by atoms with Crippen LogP contribution in [-0.2, 0) is 4.79 Å². The summed E-state index contributed by atoms with van der Waals surface area (Å²) in [5, 5.41) is 0.804. The average Bonchev–Trinajstić information content (AvgIpc) is 2.28. The third-order valence-electron chi connectivity index (χ3n) is 3.06. The summed E-state index contributed by atoms with van der Waals surface area (Å²) in [6.07, 6.45) is 1.56. The molecule has 0 aliphatic rings. The first-order valence-corrected chi connectivity index (χ1v) is 6.34. The van der Waals surface area contributed by atoms with Crippen LogP contribution in [-0.4, -0.2) is 24.3 Å². The molecular formula is C14H20ClNO. The van der Waals surface area contributed by atoms with Crippen LogP contribution in [0.3, 0.4) is 0 Å². The zero-order valence-corrected chi connectivity index (χ0v) is 11.5. The van der Waals surface area contributed by atoms with E-state index >= 15 is 0 Å². The summed E-state index contributed by atoms with van der Waals surface area (Å²) in [4.78, 5) is 13.1. The summed E-state index contributed by atoms with van der Waals surface area (Å²) in [6.45, 7) is 4.68. The van der Waals surface area contributed by atoms with Crippen molar-refractivity contribution < 1.29 is 4.79 Å². The molecule has 1 rings (SSSR count). The molecular weight excluding hydrogens is 234 g/mol.